The number of amides is 2. The molecule has 0 heterocycles. The highest BCUT2D eigenvalue weighted by Crippen LogP contribution is 2.42. The molecule has 1 aromatic carbocycles. The molecule has 6 nitrogen and oxygen atoms in total. The van der Waals surface area contributed by atoms with E-state index in [1.165, 1.54) is 6.42 Å². The van der Waals surface area contributed by atoms with Gasteiger partial charge in [0.05, 0.1) is 0 Å². The van der Waals surface area contributed by atoms with Gasteiger partial charge >= 0.3 is 0 Å². The molecule has 0 aliphatic heterocycles. The summed E-state index contributed by atoms with van der Waals surface area (Å²) in [4.78, 5) is 23.4. The third-order valence-electron chi connectivity index (χ3n) is 5.27. The standard InChI is InChI=1S/C18H25N3O3/c19-16(22)10-24-15-6-2-5-14(9-15)21-18(23)13-7-11-3-1-4-12(8-13)17(11)20/h2,5-6,9,11-13,17H,1,3-4,7-8,10,20H2,(H2,19,22)(H,21,23). The fraction of sp³-hybridized carbons (Fsp3) is 0.556. The molecule has 2 unspecified atom stereocenters. The van der Waals surface area contributed by atoms with E-state index in [4.69, 9.17) is 16.2 Å². The molecule has 0 saturated heterocycles. The molecule has 2 aliphatic rings. The SMILES string of the molecule is NC(=O)COc1cccc(NC(=O)C2CC3CCCC(C2)C3N)c1. The first-order valence-electron chi connectivity index (χ1n) is 8.60. The highest BCUT2D eigenvalue weighted by Gasteiger charge is 2.40. The van der Waals surface area contributed by atoms with Crippen LogP contribution in [0.15, 0.2) is 24.3 Å². The Morgan fingerprint density at radius 3 is 2.58 bits per heavy atom. The molecular formula is C18H25N3O3. The van der Waals surface area contributed by atoms with E-state index in [9.17, 15) is 9.59 Å². The van der Waals surface area contributed by atoms with Crippen LogP contribution in [0.3, 0.4) is 0 Å². The second-order valence-corrected chi connectivity index (χ2v) is 6.97. The van der Waals surface area contributed by atoms with Crippen molar-refractivity contribution < 1.29 is 14.3 Å². The fourth-order valence-corrected chi connectivity index (χ4v) is 4.07. The molecule has 0 aromatic heterocycles. The number of primary amides is 1. The van der Waals surface area contributed by atoms with Gasteiger partial charge in [0.15, 0.2) is 6.61 Å². The van der Waals surface area contributed by atoms with Gasteiger partial charge < -0.3 is 21.5 Å². The van der Waals surface area contributed by atoms with Crippen molar-refractivity contribution in [3.05, 3.63) is 24.3 Å². The van der Waals surface area contributed by atoms with Gasteiger partial charge in [-0.2, -0.15) is 0 Å². The Morgan fingerprint density at radius 2 is 1.92 bits per heavy atom. The molecule has 3 rings (SSSR count). The van der Waals surface area contributed by atoms with E-state index in [-0.39, 0.29) is 24.5 Å². The van der Waals surface area contributed by atoms with Crippen LogP contribution in [0.5, 0.6) is 5.75 Å². The van der Waals surface area contributed by atoms with Gasteiger partial charge in [-0.3, -0.25) is 9.59 Å². The maximum absolute atomic E-state index is 12.6. The van der Waals surface area contributed by atoms with Crippen LogP contribution in [0.25, 0.3) is 0 Å². The lowest BCUT2D eigenvalue weighted by Gasteiger charge is -2.43. The summed E-state index contributed by atoms with van der Waals surface area (Å²) in [5.74, 6) is 0.988. The summed E-state index contributed by atoms with van der Waals surface area (Å²) in [6.07, 6.45) is 5.26. The predicted molar refractivity (Wildman–Crippen MR) is 91.3 cm³/mol. The number of hydrogen-bond acceptors (Lipinski definition) is 4. The van der Waals surface area contributed by atoms with Crippen LogP contribution in [0.2, 0.25) is 0 Å². The van der Waals surface area contributed by atoms with Crippen molar-refractivity contribution >= 4 is 17.5 Å². The lowest BCUT2D eigenvalue weighted by Crippen LogP contribution is -2.48. The summed E-state index contributed by atoms with van der Waals surface area (Å²) in [5.41, 5.74) is 12.0. The molecule has 2 amide bonds. The average Bonchev–Trinajstić information content (AvgIpc) is 2.53. The maximum Gasteiger partial charge on any atom is 0.255 e. The molecule has 0 spiro atoms. The van der Waals surface area contributed by atoms with Gasteiger partial charge in [-0.1, -0.05) is 12.5 Å². The highest BCUT2D eigenvalue weighted by molar-refractivity contribution is 5.92. The van der Waals surface area contributed by atoms with Crippen LogP contribution in [0.4, 0.5) is 5.69 Å². The van der Waals surface area contributed by atoms with Crippen molar-refractivity contribution in [3.8, 4) is 5.75 Å². The second-order valence-electron chi connectivity index (χ2n) is 6.97. The molecule has 24 heavy (non-hydrogen) atoms. The smallest absolute Gasteiger partial charge is 0.255 e. The number of carbonyl (C=O) groups is 2. The number of hydrogen-bond donors (Lipinski definition) is 3. The molecule has 6 heteroatoms. The third-order valence-corrected chi connectivity index (χ3v) is 5.27. The molecule has 2 aliphatic carbocycles. The fourth-order valence-electron chi connectivity index (χ4n) is 4.07. The Kier molecular flexibility index (Phi) is 5.04. The zero-order valence-corrected chi connectivity index (χ0v) is 13.7. The van der Waals surface area contributed by atoms with Crippen molar-refractivity contribution in [2.75, 3.05) is 11.9 Å². The first-order chi connectivity index (χ1) is 11.5. The molecule has 2 fully saturated rings. The van der Waals surface area contributed by atoms with Gasteiger partial charge in [-0.05, 0) is 49.7 Å². The van der Waals surface area contributed by atoms with E-state index in [0.29, 0.717) is 23.3 Å². The van der Waals surface area contributed by atoms with Crippen LogP contribution in [0, 0.1) is 17.8 Å². The summed E-state index contributed by atoms with van der Waals surface area (Å²) in [7, 11) is 0. The molecule has 2 atom stereocenters. The van der Waals surface area contributed by atoms with Crippen LogP contribution in [-0.2, 0) is 9.59 Å². The van der Waals surface area contributed by atoms with Crippen molar-refractivity contribution in [1.29, 1.82) is 0 Å². The van der Waals surface area contributed by atoms with Crippen LogP contribution >= 0.6 is 0 Å². The first-order valence-corrected chi connectivity index (χ1v) is 8.60. The number of ether oxygens (including phenoxy) is 1. The van der Waals surface area contributed by atoms with Crippen molar-refractivity contribution in [2.24, 2.45) is 29.2 Å². The number of anilines is 1. The van der Waals surface area contributed by atoms with E-state index in [1.807, 2.05) is 6.07 Å². The van der Waals surface area contributed by atoms with Crippen LogP contribution < -0.4 is 21.5 Å². The van der Waals surface area contributed by atoms with Gasteiger partial charge in [0.2, 0.25) is 5.91 Å². The molecule has 2 saturated carbocycles. The van der Waals surface area contributed by atoms with Crippen molar-refractivity contribution in [1.82, 2.24) is 0 Å². The highest BCUT2D eigenvalue weighted by atomic mass is 16.5. The monoisotopic (exact) mass is 331 g/mol. The van der Waals surface area contributed by atoms with Gasteiger partial charge in [0, 0.05) is 23.7 Å². The minimum absolute atomic E-state index is 0.0234. The molecular weight excluding hydrogens is 306 g/mol. The second kappa shape index (κ2) is 7.21. The largest absolute Gasteiger partial charge is 0.484 e. The van der Waals surface area contributed by atoms with E-state index < -0.39 is 5.91 Å². The van der Waals surface area contributed by atoms with Gasteiger partial charge in [0.25, 0.3) is 5.91 Å². The quantitative estimate of drug-likeness (QED) is 0.762. The average molecular weight is 331 g/mol. The lowest BCUT2D eigenvalue weighted by atomic mass is 9.65. The Balaban J connectivity index is 1.60. The summed E-state index contributed by atoms with van der Waals surface area (Å²) < 4.78 is 5.27. The Labute approximate surface area is 141 Å². The number of carbonyl (C=O) groups excluding carboxylic acids is 2. The topological polar surface area (TPSA) is 107 Å². The minimum Gasteiger partial charge on any atom is -0.484 e. The molecule has 130 valence electrons. The number of rotatable bonds is 5. The molecule has 1 aromatic rings. The minimum atomic E-state index is -0.533. The Morgan fingerprint density at radius 1 is 1.21 bits per heavy atom. The Bertz CT molecular complexity index is 605. The van der Waals surface area contributed by atoms with E-state index >= 15 is 0 Å². The van der Waals surface area contributed by atoms with E-state index in [0.717, 1.165) is 25.7 Å². The van der Waals surface area contributed by atoms with Crippen molar-refractivity contribution in [2.45, 2.75) is 38.1 Å². The van der Waals surface area contributed by atoms with E-state index in [1.54, 1.807) is 18.2 Å². The van der Waals surface area contributed by atoms with Gasteiger partial charge in [-0.15, -0.1) is 0 Å². The van der Waals surface area contributed by atoms with Crippen molar-refractivity contribution in [3.63, 3.8) is 0 Å². The first kappa shape index (κ1) is 16.8. The zero-order chi connectivity index (χ0) is 17.1. The van der Waals surface area contributed by atoms with E-state index in [2.05, 4.69) is 5.32 Å². The summed E-state index contributed by atoms with van der Waals surface area (Å²) in [5, 5.41) is 2.97. The predicted octanol–water partition coefficient (Wildman–Crippen LogP) is 1.64. The summed E-state index contributed by atoms with van der Waals surface area (Å²) in [6.45, 7) is -0.179. The molecule has 0 radical (unpaired) electrons. The molecule has 2 bridgehead atoms. The van der Waals surface area contributed by atoms with Crippen LogP contribution in [-0.4, -0.2) is 24.5 Å². The summed E-state index contributed by atoms with van der Waals surface area (Å²) in [6, 6.07) is 7.27. The normalized spacial score (nSPS) is 28.9. The number of nitrogens with one attached hydrogen (secondary N) is 1. The summed E-state index contributed by atoms with van der Waals surface area (Å²) >= 11 is 0. The Hall–Kier alpha value is -2.08. The number of benzene rings is 1. The van der Waals surface area contributed by atoms with Crippen LogP contribution in [0.1, 0.15) is 32.1 Å². The maximum atomic E-state index is 12.6. The van der Waals surface area contributed by atoms with Gasteiger partial charge in [-0.25, -0.2) is 0 Å². The third kappa shape index (κ3) is 3.87. The van der Waals surface area contributed by atoms with Gasteiger partial charge in [0.1, 0.15) is 5.75 Å². The lowest BCUT2D eigenvalue weighted by molar-refractivity contribution is -0.122. The molecule has 5 N–H and O–H groups in total. The zero-order valence-electron chi connectivity index (χ0n) is 13.7. The number of nitrogens with two attached hydrogens (primary N) is 2. The number of fused-ring (bicyclic) bond motifs is 2.